The molecule has 0 aliphatic carbocycles. The topological polar surface area (TPSA) is 92.9 Å². The zero-order chi connectivity index (χ0) is 18.4. The number of thioether (sulfide) groups is 1. The molecular formula is C16H19N5O2S3. The van der Waals surface area contributed by atoms with Gasteiger partial charge in [0.15, 0.2) is 10.2 Å². The predicted molar refractivity (Wildman–Crippen MR) is 106 cm³/mol. The molecule has 2 N–H and O–H groups in total. The number of carbonyl (C=O) groups excluding carboxylic acids is 1. The number of rotatable bonds is 9. The molecule has 26 heavy (non-hydrogen) atoms. The van der Waals surface area contributed by atoms with Gasteiger partial charge in [-0.2, -0.15) is 0 Å². The highest BCUT2D eigenvalue weighted by atomic mass is 32.2. The summed E-state index contributed by atoms with van der Waals surface area (Å²) in [5, 5.41) is 20.7. The Morgan fingerprint density at radius 1 is 1.42 bits per heavy atom. The van der Waals surface area contributed by atoms with Gasteiger partial charge in [-0.05, 0) is 31.2 Å². The van der Waals surface area contributed by atoms with E-state index in [-0.39, 0.29) is 11.2 Å². The lowest BCUT2D eigenvalue weighted by Gasteiger charge is -2.10. The van der Waals surface area contributed by atoms with Crippen molar-refractivity contribution in [3.8, 4) is 0 Å². The maximum Gasteiger partial charge on any atom is 0.239 e. The normalized spacial score (nSPS) is 12.1. The van der Waals surface area contributed by atoms with Crippen molar-refractivity contribution in [1.29, 1.82) is 0 Å². The lowest BCUT2D eigenvalue weighted by atomic mass is 10.3. The van der Waals surface area contributed by atoms with Gasteiger partial charge in [0.1, 0.15) is 5.76 Å². The molecule has 1 amide bonds. The van der Waals surface area contributed by atoms with E-state index >= 15 is 0 Å². The van der Waals surface area contributed by atoms with Crippen molar-refractivity contribution in [2.24, 2.45) is 0 Å². The summed E-state index contributed by atoms with van der Waals surface area (Å²) in [4.78, 5) is 13.7. The number of nitrogens with one attached hydrogen (secondary N) is 2. The van der Waals surface area contributed by atoms with Gasteiger partial charge < -0.3 is 15.2 Å². The Balaban J connectivity index is 1.50. The minimum absolute atomic E-state index is 0.117. The Hall–Kier alpha value is -1.91. The first-order valence-electron chi connectivity index (χ1n) is 8.14. The molecule has 0 aliphatic rings. The molecule has 0 bridgehead atoms. The van der Waals surface area contributed by atoms with Crippen molar-refractivity contribution in [2.75, 3.05) is 17.2 Å². The van der Waals surface area contributed by atoms with Crippen LogP contribution in [0, 0.1) is 6.92 Å². The second-order valence-electron chi connectivity index (χ2n) is 5.46. The number of nitrogens with zero attached hydrogens (tertiary/aromatic N) is 3. The average molecular weight is 410 g/mol. The summed E-state index contributed by atoms with van der Waals surface area (Å²) in [6.07, 6.45) is 1.63. The predicted octanol–water partition coefficient (Wildman–Crippen LogP) is 4.06. The molecule has 3 aromatic rings. The van der Waals surface area contributed by atoms with E-state index in [1.165, 1.54) is 28.0 Å². The molecule has 3 rings (SSSR count). The van der Waals surface area contributed by atoms with Gasteiger partial charge in [-0.1, -0.05) is 41.2 Å². The van der Waals surface area contributed by atoms with Crippen molar-refractivity contribution in [3.05, 3.63) is 34.2 Å². The second kappa shape index (κ2) is 9.15. The molecule has 3 heterocycles. The Labute approximate surface area is 163 Å². The monoisotopic (exact) mass is 409 g/mol. The molecule has 0 aromatic carbocycles. The van der Waals surface area contributed by atoms with Crippen LogP contribution in [0.5, 0.6) is 0 Å². The standard InChI is InChI=1S/C16H19N5O2S3/c1-3-12(14(22)18-13-9-10(2)23-21-13)25-16-20-19-15(26-16)17-7-6-11-5-4-8-24-11/h4-5,8-9,12H,3,6-7H2,1-2H3,(H,17,19)(H,18,21,22). The number of amides is 1. The van der Waals surface area contributed by atoms with Gasteiger partial charge in [0.25, 0.3) is 0 Å². The Morgan fingerprint density at radius 3 is 3.00 bits per heavy atom. The smallest absolute Gasteiger partial charge is 0.239 e. The third-order valence-electron chi connectivity index (χ3n) is 3.42. The molecule has 10 heteroatoms. The van der Waals surface area contributed by atoms with Crippen molar-refractivity contribution in [1.82, 2.24) is 15.4 Å². The molecule has 138 valence electrons. The largest absolute Gasteiger partial charge is 0.360 e. The molecule has 0 radical (unpaired) electrons. The number of aromatic nitrogens is 3. The quantitative estimate of drug-likeness (QED) is 0.515. The summed E-state index contributed by atoms with van der Waals surface area (Å²) in [5.41, 5.74) is 0. The third kappa shape index (κ3) is 5.29. The van der Waals surface area contributed by atoms with Gasteiger partial charge in [-0.25, -0.2) is 0 Å². The maximum absolute atomic E-state index is 12.4. The van der Waals surface area contributed by atoms with E-state index in [1.54, 1.807) is 24.3 Å². The third-order valence-corrected chi connectivity index (χ3v) is 6.69. The van der Waals surface area contributed by atoms with Crippen LogP contribution in [0.15, 0.2) is 32.4 Å². The first-order valence-corrected chi connectivity index (χ1v) is 10.7. The van der Waals surface area contributed by atoms with Gasteiger partial charge in [-0.15, -0.1) is 21.5 Å². The number of carbonyl (C=O) groups is 1. The lowest BCUT2D eigenvalue weighted by molar-refractivity contribution is -0.115. The van der Waals surface area contributed by atoms with Crippen LogP contribution < -0.4 is 10.6 Å². The molecule has 0 saturated heterocycles. The molecule has 3 aromatic heterocycles. The summed E-state index contributed by atoms with van der Waals surface area (Å²) < 4.78 is 5.73. The molecular weight excluding hydrogens is 390 g/mol. The molecule has 0 spiro atoms. The summed E-state index contributed by atoms with van der Waals surface area (Å²) in [6.45, 7) is 4.55. The van der Waals surface area contributed by atoms with Gasteiger partial charge in [-0.3, -0.25) is 4.79 Å². The van der Waals surface area contributed by atoms with E-state index in [1.807, 2.05) is 6.92 Å². The van der Waals surface area contributed by atoms with Gasteiger partial charge in [0.2, 0.25) is 11.0 Å². The lowest BCUT2D eigenvalue weighted by Crippen LogP contribution is -2.24. The highest BCUT2D eigenvalue weighted by Crippen LogP contribution is 2.31. The highest BCUT2D eigenvalue weighted by Gasteiger charge is 2.21. The second-order valence-corrected chi connectivity index (χ2v) is 8.92. The summed E-state index contributed by atoms with van der Waals surface area (Å²) in [7, 11) is 0. The van der Waals surface area contributed by atoms with Crippen molar-refractivity contribution in [3.63, 3.8) is 0 Å². The van der Waals surface area contributed by atoms with E-state index in [2.05, 4.69) is 43.5 Å². The van der Waals surface area contributed by atoms with E-state index < -0.39 is 0 Å². The fourth-order valence-corrected chi connectivity index (χ4v) is 4.81. The summed E-state index contributed by atoms with van der Waals surface area (Å²) in [5.74, 6) is 0.969. The van der Waals surface area contributed by atoms with Crippen LogP contribution in [0.25, 0.3) is 0 Å². The highest BCUT2D eigenvalue weighted by molar-refractivity contribution is 8.02. The zero-order valence-corrected chi connectivity index (χ0v) is 16.8. The summed E-state index contributed by atoms with van der Waals surface area (Å²) >= 11 is 4.62. The molecule has 1 atom stereocenters. The van der Waals surface area contributed by atoms with Crippen LogP contribution in [0.4, 0.5) is 10.9 Å². The van der Waals surface area contributed by atoms with Crippen LogP contribution in [0.2, 0.25) is 0 Å². The number of anilines is 2. The Morgan fingerprint density at radius 2 is 2.31 bits per heavy atom. The number of hydrogen-bond donors (Lipinski definition) is 2. The fraction of sp³-hybridized carbons (Fsp3) is 0.375. The first-order chi connectivity index (χ1) is 12.6. The van der Waals surface area contributed by atoms with E-state index in [9.17, 15) is 4.79 Å². The number of hydrogen-bond acceptors (Lipinski definition) is 9. The van der Waals surface area contributed by atoms with Crippen molar-refractivity contribution >= 4 is 51.3 Å². The first kappa shape index (κ1) is 18.9. The van der Waals surface area contributed by atoms with Crippen molar-refractivity contribution < 1.29 is 9.32 Å². The van der Waals surface area contributed by atoms with Gasteiger partial charge in [0, 0.05) is 17.5 Å². The van der Waals surface area contributed by atoms with Crippen LogP contribution in [-0.4, -0.2) is 33.1 Å². The van der Waals surface area contributed by atoms with Gasteiger partial charge in [0.05, 0.1) is 5.25 Å². The minimum atomic E-state index is -0.265. The Kier molecular flexibility index (Phi) is 6.64. The van der Waals surface area contributed by atoms with E-state index in [4.69, 9.17) is 4.52 Å². The van der Waals surface area contributed by atoms with E-state index in [0.29, 0.717) is 18.0 Å². The molecule has 0 fully saturated rings. The van der Waals surface area contributed by atoms with Crippen molar-refractivity contribution in [2.45, 2.75) is 36.3 Å². The maximum atomic E-state index is 12.4. The number of aryl methyl sites for hydroxylation is 1. The van der Waals surface area contributed by atoms with Crippen LogP contribution in [0.1, 0.15) is 24.0 Å². The molecule has 1 unspecified atom stereocenters. The number of thiophene rings is 1. The fourth-order valence-electron chi connectivity index (χ4n) is 2.15. The van der Waals surface area contributed by atoms with Crippen LogP contribution in [0.3, 0.4) is 0 Å². The van der Waals surface area contributed by atoms with Crippen LogP contribution in [-0.2, 0) is 11.2 Å². The van der Waals surface area contributed by atoms with Crippen LogP contribution >= 0.6 is 34.4 Å². The molecule has 0 saturated carbocycles. The van der Waals surface area contributed by atoms with Gasteiger partial charge >= 0.3 is 0 Å². The van der Waals surface area contributed by atoms with E-state index in [0.717, 1.165) is 22.4 Å². The Bertz CT molecular complexity index is 831. The zero-order valence-electron chi connectivity index (χ0n) is 14.4. The summed E-state index contributed by atoms with van der Waals surface area (Å²) in [6, 6.07) is 5.86. The molecule has 0 aliphatic heterocycles. The average Bonchev–Trinajstić information content (AvgIpc) is 3.36. The SMILES string of the molecule is CCC(Sc1nnc(NCCc2cccs2)s1)C(=O)Nc1cc(C)on1. The molecule has 7 nitrogen and oxygen atoms in total. The minimum Gasteiger partial charge on any atom is -0.360 e.